The fourth-order valence-electron chi connectivity index (χ4n) is 1.17. The molecule has 0 bridgehead atoms. The van der Waals surface area contributed by atoms with Crippen molar-refractivity contribution in [1.82, 2.24) is 10.2 Å². The van der Waals surface area contributed by atoms with E-state index in [1.807, 2.05) is 4.90 Å². The van der Waals surface area contributed by atoms with Crippen molar-refractivity contribution in [2.45, 2.75) is 6.42 Å². The maximum atomic E-state index is 11.2. The molecular formula is C8H14N2O. The molecule has 0 saturated carbocycles. The second-order valence-corrected chi connectivity index (χ2v) is 2.63. The van der Waals surface area contributed by atoms with E-state index < -0.39 is 0 Å². The van der Waals surface area contributed by atoms with Gasteiger partial charge in [-0.05, 0) is 0 Å². The second kappa shape index (κ2) is 4.13. The maximum absolute atomic E-state index is 11.2. The van der Waals surface area contributed by atoms with Gasteiger partial charge in [-0.1, -0.05) is 6.08 Å². The Hall–Kier alpha value is -0.830. The number of hydrogen-bond donors (Lipinski definition) is 1. The lowest BCUT2D eigenvalue weighted by molar-refractivity contribution is -0.129. The molecule has 1 aliphatic rings. The minimum Gasteiger partial charge on any atom is -0.338 e. The average Bonchev–Trinajstić information content (AvgIpc) is 2.18. The van der Waals surface area contributed by atoms with Crippen LogP contribution in [-0.4, -0.2) is 37.0 Å². The third-order valence-corrected chi connectivity index (χ3v) is 1.78. The van der Waals surface area contributed by atoms with Crippen LogP contribution in [0.2, 0.25) is 0 Å². The van der Waals surface area contributed by atoms with Crippen molar-refractivity contribution in [2.75, 3.05) is 26.2 Å². The Kier molecular flexibility index (Phi) is 3.11. The predicted molar refractivity (Wildman–Crippen MR) is 44.3 cm³/mol. The van der Waals surface area contributed by atoms with Crippen LogP contribution in [0.1, 0.15) is 6.42 Å². The second-order valence-electron chi connectivity index (χ2n) is 2.63. The summed E-state index contributed by atoms with van der Waals surface area (Å²) in [6, 6.07) is 0. The molecule has 62 valence electrons. The first-order valence-electron chi connectivity index (χ1n) is 3.94. The molecular weight excluding hydrogens is 140 g/mol. The van der Waals surface area contributed by atoms with E-state index >= 15 is 0 Å². The van der Waals surface area contributed by atoms with Crippen molar-refractivity contribution in [1.29, 1.82) is 0 Å². The number of hydrogen-bond acceptors (Lipinski definition) is 2. The molecule has 1 aliphatic heterocycles. The monoisotopic (exact) mass is 154 g/mol. The minimum absolute atomic E-state index is 0.231. The van der Waals surface area contributed by atoms with Crippen LogP contribution in [0, 0.1) is 0 Å². The summed E-state index contributed by atoms with van der Waals surface area (Å²) in [5.41, 5.74) is 0. The molecule has 11 heavy (non-hydrogen) atoms. The van der Waals surface area contributed by atoms with E-state index in [4.69, 9.17) is 0 Å². The van der Waals surface area contributed by atoms with E-state index in [9.17, 15) is 4.79 Å². The highest BCUT2D eigenvalue weighted by Crippen LogP contribution is 1.96. The Bertz CT molecular complexity index is 156. The minimum atomic E-state index is 0.231. The molecule has 1 rings (SSSR count). The highest BCUT2D eigenvalue weighted by atomic mass is 16.2. The molecule has 1 amide bonds. The van der Waals surface area contributed by atoms with E-state index in [1.165, 1.54) is 0 Å². The number of amides is 1. The van der Waals surface area contributed by atoms with E-state index in [2.05, 4.69) is 11.9 Å². The number of nitrogens with zero attached hydrogens (tertiary/aromatic N) is 1. The molecule has 1 N–H and O–H groups in total. The van der Waals surface area contributed by atoms with Gasteiger partial charge < -0.3 is 10.2 Å². The predicted octanol–water partition coefficient (Wildman–Crippen LogP) is -0.00570. The van der Waals surface area contributed by atoms with Crippen molar-refractivity contribution >= 4 is 5.91 Å². The van der Waals surface area contributed by atoms with Crippen LogP contribution in [0.5, 0.6) is 0 Å². The van der Waals surface area contributed by atoms with Crippen LogP contribution in [0.15, 0.2) is 12.7 Å². The van der Waals surface area contributed by atoms with Gasteiger partial charge in [0.1, 0.15) is 0 Å². The van der Waals surface area contributed by atoms with Crippen LogP contribution in [0.4, 0.5) is 0 Å². The molecule has 0 spiro atoms. The Balaban J connectivity index is 2.45. The fraction of sp³-hybridized carbons (Fsp3) is 0.625. The van der Waals surface area contributed by atoms with Gasteiger partial charge in [0.15, 0.2) is 0 Å². The van der Waals surface area contributed by atoms with Crippen molar-refractivity contribution < 1.29 is 4.79 Å². The highest BCUT2D eigenvalue weighted by molar-refractivity contribution is 5.76. The third-order valence-electron chi connectivity index (χ3n) is 1.78. The summed E-state index contributed by atoms with van der Waals surface area (Å²) in [5.74, 6) is 0.231. The van der Waals surface area contributed by atoms with E-state index in [1.54, 1.807) is 6.08 Å². The summed E-state index contributed by atoms with van der Waals surface area (Å²) < 4.78 is 0. The summed E-state index contributed by atoms with van der Waals surface area (Å²) in [6.45, 7) is 6.81. The van der Waals surface area contributed by atoms with Crippen molar-refractivity contribution in [3.8, 4) is 0 Å². The average molecular weight is 154 g/mol. The van der Waals surface area contributed by atoms with Crippen molar-refractivity contribution in [3.63, 3.8) is 0 Å². The molecule has 0 aromatic carbocycles. The number of carbonyl (C=O) groups is 1. The lowest BCUT2D eigenvalue weighted by Crippen LogP contribution is -2.32. The Labute approximate surface area is 67.1 Å². The zero-order valence-corrected chi connectivity index (χ0v) is 6.68. The van der Waals surface area contributed by atoms with Gasteiger partial charge in [0.2, 0.25) is 5.91 Å². The Morgan fingerprint density at radius 1 is 1.64 bits per heavy atom. The molecule has 0 radical (unpaired) electrons. The van der Waals surface area contributed by atoms with Gasteiger partial charge in [-0.3, -0.25) is 4.79 Å². The molecule has 3 nitrogen and oxygen atoms in total. The van der Waals surface area contributed by atoms with Gasteiger partial charge in [0, 0.05) is 32.6 Å². The fourth-order valence-corrected chi connectivity index (χ4v) is 1.17. The molecule has 0 aromatic heterocycles. The van der Waals surface area contributed by atoms with Gasteiger partial charge in [0.25, 0.3) is 0 Å². The molecule has 1 fully saturated rings. The Morgan fingerprint density at radius 2 is 2.45 bits per heavy atom. The summed E-state index contributed by atoms with van der Waals surface area (Å²) in [4.78, 5) is 13.1. The Morgan fingerprint density at radius 3 is 3.18 bits per heavy atom. The van der Waals surface area contributed by atoms with Gasteiger partial charge in [-0.25, -0.2) is 0 Å². The van der Waals surface area contributed by atoms with E-state index in [0.29, 0.717) is 13.0 Å². The first kappa shape index (κ1) is 8.27. The van der Waals surface area contributed by atoms with Crippen molar-refractivity contribution in [3.05, 3.63) is 12.7 Å². The molecule has 1 heterocycles. The molecule has 0 aromatic rings. The first-order valence-corrected chi connectivity index (χ1v) is 3.94. The number of nitrogens with one attached hydrogen (secondary N) is 1. The first-order chi connectivity index (χ1) is 5.34. The summed E-state index contributed by atoms with van der Waals surface area (Å²) in [6.07, 6.45) is 2.39. The molecule has 3 heteroatoms. The summed E-state index contributed by atoms with van der Waals surface area (Å²) in [7, 11) is 0. The third kappa shape index (κ3) is 2.35. The molecule has 1 saturated heterocycles. The van der Waals surface area contributed by atoms with Crippen molar-refractivity contribution in [2.24, 2.45) is 0 Å². The van der Waals surface area contributed by atoms with Gasteiger partial charge in [0.05, 0.1) is 0 Å². The molecule has 0 unspecified atom stereocenters. The quantitative estimate of drug-likeness (QED) is 0.567. The van der Waals surface area contributed by atoms with Crippen LogP contribution in [0.3, 0.4) is 0 Å². The zero-order valence-electron chi connectivity index (χ0n) is 6.68. The van der Waals surface area contributed by atoms with Crippen LogP contribution in [0.25, 0.3) is 0 Å². The van der Waals surface area contributed by atoms with E-state index in [0.717, 1.165) is 19.6 Å². The lowest BCUT2D eigenvalue weighted by atomic mass is 10.3. The summed E-state index contributed by atoms with van der Waals surface area (Å²) in [5, 5.41) is 3.17. The maximum Gasteiger partial charge on any atom is 0.224 e. The largest absolute Gasteiger partial charge is 0.338 e. The zero-order chi connectivity index (χ0) is 8.10. The summed E-state index contributed by atoms with van der Waals surface area (Å²) >= 11 is 0. The lowest BCUT2D eigenvalue weighted by Gasteiger charge is -2.17. The van der Waals surface area contributed by atoms with Crippen LogP contribution < -0.4 is 5.32 Å². The van der Waals surface area contributed by atoms with Crippen LogP contribution in [-0.2, 0) is 4.79 Å². The smallest absolute Gasteiger partial charge is 0.224 e. The number of rotatable bonds is 2. The van der Waals surface area contributed by atoms with Gasteiger partial charge in [-0.15, -0.1) is 6.58 Å². The molecule has 0 aliphatic carbocycles. The SMILES string of the molecule is C=CCN1CCNCCC1=O. The van der Waals surface area contributed by atoms with E-state index in [-0.39, 0.29) is 5.91 Å². The highest BCUT2D eigenvalue weighted by Gasteiger charge is 2.13. The topological polar surface area (TPSA) is 32.3 Å². The molecule has 0 atom stereocenters. The normalized spacial score (nSPS) is 19.6. The number of carbonyl (C=O) groups excluding carboxylic acids is 1. The van der Waals surface area contributed by atoms with Crippen LogP contribution >= 0.6 is 0 Å². The van der Waals surface area contributed by atoms with Gasteiger partial charge in [-0.2, -0.15) is 0 Å². The van der Waals surface area contributed by atoms with Gasteiger partial charge >= 0.3 is 0 Å². The standard InChI is InChI=1S/C8H14N2O/c1-2-6-10-7-5-9-4-3-8(10)11/h2,9H,1,3-7H2.